The maximum absolute atomic E-state index is 12.1. The zero-order valence-electron chi connectivity index (χ0n) is 16.2. The summed E-state index contributed by atoms with van der Waals surface area (Å²) in [6.45, 7) is 7.00. The fraction of sp³-hybridized carbons (Fsp3) is 0.526. The van der Waals surface area contributed by atoms with Gasteiger partial charge in [-0.05, 0) is 32.8 Å². The Balaban J connectivity index is 2.69. The molecule has 1 aromatic carbocycles. The van der Waals surface area contributed by atoms with Gasteiger partial charge in [-0.25, -0.2) is 9.59 Å². The maximum atomic E-state index is 12.1. The molecule has 0 aliphatic carbocycles. The molecule has 0 bridgehead atoms. The number of hydrogen-bond acceptors (Lipinski definition) is 5. The molecule has 0 saturated heterocycles. The van der Waals surface area contributed by atoms with E-state index in [4.69, 9.17) is 14.6 Å². The quantitative estimate of drug-likeness (QED) is 0.639. The standard InChI is InChI=1S/C19H28N2O6/c1-5-14(20-18(25)27-19(2,3)4)15(11-16(22)23)21-17(24)26-12-13-9-7-6-8-10-13/h6-10,14-15H,5,11-12H2,1-4H3,(H,20,25)(H,21,24)(H,22,23). The highest BCUT2D eigenvalue weighted by Gasteiger charge is 2.28. The van der Waals surface area contributed by atoms with Gasteiger partial charge in [0.2, 0.25) is 0 Å². The van der Waals surface area contributed by atoms with E-state index in [1.165, 1.54) is 0 Å². The normalized spacial score (nSPS) is 13.2. The van der Waals surface area contributed by atoms with E-state index >= 15 is 0 Å². The van der Waals surface area contributed by atoms with Gasteiger partial charge in [0.05, 0.1) is 18.5 Å². The van der Waals surface area contributed by atoms with Crippen molar-refractivity contribution in [2.75, 3.05) is 0 Å². The van der Waals surface area contributed by atoms with Crippen molar-refractivity contribution in [3.8, 4) is 0 Å². The van der Waals surface area contributed by atoms with Gasteiger partial charge in [0, 0.05) is 0 Å². The molecule has 0 aromatic heterocycles. The summed E-state index contributed by atoms with van der Waals surface area (Å²) in [7, 11) is 0. The SMILES string of the molecule is CCC(NC(=O)OC(C)(C)C)C(CC(=O)O)NC(=O)OCc1ccccc1. The van der Waals surface area contributed by atoms with Crippen molar-refractivity contribution in [1.82, 2.24) is 10.6 Å². The summed E-state index contributed by atoms with van der Waals surface area (Å²) in [6.07, 6.45) is -1.40. The lowest BCUT2D eigenvalue weighted by atomic mass is 10.0. The van der Waals surface area contributed by atoms with E-state index in [0.29, 0.717) is 6.42 Å². The number of rotatable bonds is 8. The van der Waals surface area contributed by atoms with Gasteiger partial charge in [-0.15, -0.1) is 0 Å². The Hall–Kier alpha value is -2.77. The molecule has 150 valence electrons. The second-order valence-corrected chi connectivity index (χ2v) is 7.07. The van der Waals surface area contributed by atoms with Gasteiger partial charge in [-0.2, -0.15) is 0 Å². The van der Waals surface area contributed by atoms with Gasteiger partial charge in [0.15, 0.2) is 0 Å². The maximum Gasteiger partial charge on any atom is 0.407 e. The van der Waals surface area contributed by atoms with Crippen molar-refractivity contribution in [1.29, 1.82) is 0 Å². The third-order valence-electron chi connectivity index (χ3n) is 3.54. The smallest absolute Gasteiger partial charge is 0.407 e. The molecule has 0 heterocycles. The fourth-order valence-electron chi connectivity index (χ4n) is 2.34. The summed E-state index contributed by atoms with van der Waals surface area (Å²) in [5.41, 5.74) is 0.119. The highest BCUT2D eigenvalue weighted by atomic mass is 16.6. The molecule has 2 atom stereocenters. The zero-order chi connectivity index (χ0) is 20.4. The molecule has 0 fully saturated rings. The summed E-state index contributed by atoms with van der Waals surface area (Å²) in [5, 5.41) is 14.3. The first-order valence-electron chi connectivity index (χ1n) is 8.79. The van der Waals surface area contributed by atoms with Crippen molar-refractivity contribution in [2.45, 2.75) is 64.8 Å². The van der Waals surface area contributed by atoms with Crippen molar-refractivity contribution in [3.63, 3.8) is 0 Å². The molecule has 1 aromatic rings. The number of aliphatic carboxylic acids is 1. The van der Waals surface area contributed by atoms with Crippen LogP contribution in [0.4, 0.5) is 9.59 Å². The lowest BCUT2D eigenvalue weighted by Crippen LogP contribution is -2.53. The molecule has 0 radical (unpaired) electrons. The number of nitrogens with one attached hydrogen (secondary N) is 2. The van der Waals surface area contributed by atoms with Gasteiger partial charge in [0.25, 0.3) is 0 Å². The number of amides is 2. The second-order valence-electron chi connectivity index (χ2n) is 7.07. The van der Waals surface area contributed by atoms with Crippen LogP contribution in [-0.2, 0) is 20.9 Å². The molecule has 1 rings (SSSR count). The van der Waals surface area contributed by atoms with Gasteiger partial charge >= 0.3 is 18.2 Å². The highest BCUT2D eigenvalue weighted by molar-refractivity contribution is 5.72. The Labute approximate surface area is 159 Å². The lowest BCUT2D eigenvalue weighted by Gasteiger charge is -2.28. The lowest BCUT2D eigenvalue weighted by molar-refractivity contribution is -0.137. The Morgan fingerprint density at radius 1 is 1.04 bits per heavy atom. The van der Waals surface area contributed by atoms with Crippen LogP contribution in [0.15, 0.2) is 30.3 Å². The monoisotopic (exact) mass is 380 g/mol. The molecule has 3 N–H and O–H groups in total. The van der Waals surface area contributed by atoms with E-state index in [2.05, 4.69) is 10.6 Å². The molecule has 8 heteroatoms. The topological polar surface area (TPSA) is 114 Å². The Kier molecular flexibility index (Phi) is 8.58. The first-order valence-corrected chi connectivity index (χ1v) is 8.79. The third-order valence-corrected chi connectivity index (χ3v) is 3.54. The fourth-order valence-corrected chi connectivity index (χ4v) is 2.34. The van der Waals surface area contributed by atoms with Crippen LogP contribution in [-0.4, -0.2) is 40.9 Å². The Morgan fingerprint density at radius 3 is 2.15 bits per heavy atom. The molecular weight excluding hydrogens is 352 g/mol. The van der Waals surface area contributed by atoms with Gasteiger partial charge in [-0.3, -0.25) is 4.79 Å². The summed E-state index contributed by atoms with van der Waals surface area (Å²) in [6, 6.07) is 7.63. The largest absolute Gasteiger partial charge is 0.481 e. The van der Waals surface area contributed by atoms with Crippen molar-refractivity contribution < 1.29 is 29.0 Å². The van der Waals surface area contributed by atoms with Crippen LogP contribution in [0.2, 0.25) is 0 Å². The molecule has 2 unspecified atom stereocenters. The van der Waals surface area contributed by atoms with Crippen LogP contribution in [0.25, 0.3) is 0 Å². The molecule has 0 spiro atoms. The van der Waals surface area contributed by atoms with Gasteiger partial charge in [0.1, 0.15) is 12.2 Å². The number of hydrogen-bond donors (Lipinski definition) is 3. The number of carboxylic acid groups (broad SMARTS) is 1. The van der Waals surface area contributed by atoms with E-state index in [0.717, 1.165) is 5.56 Å². The number of carboxylic acids is 1. The van der Waals surface area contributed by atoms with Gasteiger partial charge in [-0.1, -0.05) is 37.3 Å². The first-order chi connectivity index (χ1) is 12.6. The van der Waals surface area contributed by atoms with Crippen LogP contribution in [0.1, 0.15) is 46.1 Å². The van der Waals surface area contributed by atoms with Gasteiger partial charge < -0.3 is 25.2 Å². The van der Waals surface area contributed by atoms with Crippen LogP contribution >= 0.6 is 0 Å². The number of benzene rings is 1. The zero-order valence-corrected chi connectivity index (χ0v) is 16.2. The summed E-state index contributed by atoms with van der Waals surface area (Å²) < 4.78 is 10.3. The van der Waals surface area contributed by atoms with Crippen LogP contribution in [0, 0.1) is 0 Å². The van der Waals surface area contributed by atoms with E-state index < -0.39 is 35.8 Å². The van der Waals surface area contributed by atoms with Crippen LogP contribution in [0.5, 0.6) is 0 Å². The Morgan fingerprint density at radius 2 is 1.63 bits per heavy atom. The minimum atomic E-state index is -1.10. The molecule has 0 aliphatic rings. The summed E-state index contributed by atoms with van der Waals surface area (Å²) in [4.78, 5) is 35.2. The third kappa shape index (κ3) is 9.48. The van der Waals surface area contributed by atoms with E-state index in [9.17, 15) is 14.4 Å². The molecule has 0 saturated carbocycles. The number of ether oxygens (including phenoxy) is 2. The molecule has 8 nitrogen and oxygen atoms in total. The average Bonchev–Trinajstić information content (AvgIpc) is 2.56. The summed E-state index contributed by atoms with van der Waals surface area (Å²) >= 11 is 0. The predicted molar refractivity (Wildman–Crippen MR) is 99.3 cm³/mol. The minimum Gasteiger partial charge on any atom is -0.481 e. The Bertz CT molecular complexity index is 627. The number of carbonyl (C=O) groups is 3. The first kappa shape index (κ1) is 22.3. The molecule has 2 amide bonds. The number of alkyl carbamates (subject to hydrolysis) is 2. The predicted octanol–water partition coefficient (Wildman–Crippen LogP) is 3.06. The highest BCUT2D eigenvalue weighted by Crippen LogP contribution is 2.10. The summed E-state index contributed by atoms with van der Waals surface area (Å²) in [5.74, 6) is -1.10. The van der Waals surface area contributed by atoms with Crippen molar-refractivity contribution >= 4 is 18.2 Å². The van der Waals surface area contributed by atoms with E-state index in [1.54, 1.807) is 39.8 Å². The molecular formula is C19H28N2O6. The minimum absolute atomic E-state index is 0.0583. The second kappa shape index (κ2) is 10.4. The molecule has 0 aliphatic heterocycles. The van der Waals surface area contributed by atoms with Crippen molar-refractivity contribution in [2.24, 2.45) is 0 Å². The number of carbonyl (C=O) groups excluding carboxylic acids is 2. The van der Waals surface area contributed by atoms with Crippen LogP contribution < -0.4 is 10.6 Å². The molecule has 27 heavy (non-hydrogen) atoms. The van der Waals surface area contributed by atoms with E-state index in [1.807, 2.05) is 18.2 Å². The van der Waals surface area contributed by atoms with Crippen molar-refractivity contribution in [3.05, 3.63) is 35.9 Å². The van der Waals surface area contributed by atoms with E-state index in [-0.39, 0.29) is 13.0 Å². The van der Waals surface area contributed by atoms with Crippen LogP contribution in [0.3, 0.4) is 0 Å². The average molecular weight is 380 g/mol.